The fraction of sp³-hybridized carbons (Fsp3) is 0.0714. The summed E-state index contributed by atoms with van der Waals surface area (Å²) in [4.78, 5) is 22.5. The number of nitro groups is 1. The smallest absolute Gasteiger partial charge is 0.348 e. The lowest BCUT2D eigenvalue weighted by Gasteiger charge is -1.91. The van der Waals surface area contributed by atoms with E-state index in [1.54, 1.807) is 12.2 Å². The first kappa shape index (κ1) is 14.0. The van der Waals surface area contributed by atoms with Gasteiger partial charge in [0.25, 0.3) is 5.69 Å². The third kappa shape index (κ3) is 3.10. The average molecular weight is 289 g/mol. The molecular weight excluding hydrogens is 278 g/mol. The van der Waals surface area contributed by atoms with Crippen LogP contribution in [0.3, 0.4) is 0 Å². The van der Waals surface area contributed by atoms with Gasteiger partial charge in [0.05, 0.1) is 12.0 Å². The van der Waals surface area contributed by atoms with Gasteiger partial charge < -0.3 is 4.74 Å². The van der Waals surface area contributed by atoms with Crippen molar-refractivity contribution in [3.05, 3.63) is 61.8 Å². The summed E-state index contributed by atoms with van der Waals surface area (Å²) in [6.45, 7) is 0. The second-order valence-corrected chi connectivity index (χ2v) is 4.94. The molecule has 1 heterocycles. The zero-order valence-electron chi connectivity index (χ0n) is 10.6. The molecule has 20 heavy (non-hydrogen) atoms. The maximum atomic E-state index is 11.4. The van der Waals surface area contributed by atoms with Crippen molar-refractivity contribution in [2.24, 2.45) is 0 Å². The highest BCUT2D eigenvalue weighted by Crippen LogP contribution is 2.31. The molecule has 0 aliphatic rings. The van der Waals surface area contributed by atoms with E-state index >= 15 is 0 Å². The Kier molecular flexibility index (Phi) is 4.27. The Labute approximate surface area is 119 Å². The Morgan fingerprint density at radius 3 is 2.60 bits per heavy atom. The summed E-state index contributed by atoms with van der Waals surface area (Å²) in [6, 6.07) is 10.7. The number of hydrogen-bond donors (Lipinski definition) is 0. The average Bonchev–Trinajstić information content (AvgIpc) is 2.90. The standard InChI is InChI=1S/C14H11NO4S/c1-19-14(16)13-9-11(15(17)18)12(20-13)8-7-10-5-3-2-4-6-10/h2-9H,1H3. The second-order valence-electron chi connectivity index (χ2n) is 3.85. The van der Waals surface area contributed by atoms with Crippen molar-refractivity contribution in [1.82, 2.24) is 0 Å². The van der Waals surface area contributed by atoms with Crippen molar-refractivity contribution in [3.8, 4) is 0 Å². The van der Waals surface area contributed by atoms with Gasteiger partial charge in [-0.1, -0.05) is 36.4 Å². The zero-order chi connectivity index (χ0) is 14.5. The molecule has 1 aromatic carbocycles. The molecule has 0 bridgehead atoms. The van der Waals surface area contributed by atoms with Crippen LogP contribution in [0, 0.1) is 10.1 Å². The Balaban J connectivity index is 2.35. The summed E-state index contributed by atoms with van der Waals surface area (Å²) >= 11 is 1.04. The van der Waals surface area contributed by atoms with Crippen LogP contribution < -0.4 is 0 Å². The monoisotopic (exact) mass is 289 g/mol. The molecular formula is C14H11NO4S. The molecule has 1 aromatic heterocycles. The van der Waals surface area contributed by atoms with Gasteiger partial charge in [0.1, 0.15) is 9.75 Å². The van der Waals surface area contributed by atoms with Crippen LogP contribution in [0.25, 0.3) is 12.2 Å². The lowest BCUT2D eigenvalue weighted by molar-refractivity contribution is -0.384. The van der Waals surface area contributed by atoms with Crippen LogP contribution in [0.4, 0.5) is 5.69 Å². The first-order chi connectivity index (χ1) is 9.61. The number of carbonyl (C=O) groups is 1. The van der Waals surface area contributed by atoms with E-state index in [-0.39, 0.29) is 10.6 Å². The van der Waals surface area contributed by atoms with Gasteiger partial charge in [-0.25, -0.2) is 4.79 Å². The number of nitrogens with zero attached hydrogens (tertiary/aromatic N) is 1. The van der Waals surface area contributed by atoms with E-state index in [9.17, 15) is 14.9 Å². The predicted octanol–water partition coefficient (Wildman–Crippen LogP) is 3.61. The minimum absolute atomic E-state index is 0.0948. The van der Waals surface area contributed by atoms with Crippen molar-refractivity contribution >= 4 is 35.1 Å². The third-order valence-electron chi connectivity index (χ3n) is 2.55. The van der Waals surface area contributed by atoms with Crippen molar-refractivity contribution in [3.63, 3.8) is 0 Å². The van der Waals surface area contributed by atoms with E-state index < -0.39 is 10.9 Å². The lowest BCUT2D eigenvalue weighted by atomic mass is 10.2. The molecule has 2 rings (SSSR count). The Morgan fingerprint density at radius 2 is 2.00 bits per heavy atom. The molecule has 0 saturated heterocycles. The van der Waals surface area contributed by atoms with Crippen LogP contribution in [0.5, 0.6) is 0 Å². The molecule has 0 spiro atoms. The van der Waals surface area contributed by atoms with Gasteiger partial charge in [-0.15, -0.1) is 11.3 Å². The highest BCUT2D eigenvalue weighted by atomic mass is 32.1. The van der Waals surface area contributed by atoms with E-state index in [0.29, 0.717) is 4.88 Å². The van der Waals surface area contributed by atoms with Gasteiger partial charge in [-0.05, 0) is 11.6 Å². The van der Waals surface area contributed by atoms with Gasteiger partial charge in [0.2, 0.25) is 0 Å². The normalized spacial score (nSPS) is 10.7. The van der Waals surface area contributed by atoms with Gasteiger partial charge in [0, 0.05) is 6.07 Å². The maximum Gasteiger partial charge on any atom is 0.348 e. The number of hydrogen-bond acceptors (Lipinski definition) is 5. The first-order valence-electron chi connectivity index (χ1n) is 5.71. The highest BCUT2D eigenvalue weighted by Gasteiger charge is 2.21. The molecule has 0 N–H and O–H groups in total. The minimum atomic E-state index is -0.572. The summed E-state index contributed by atoms with van der Waals surface area (Å²) in [5, 5.41) is 11.0. The van der Waals surface area contributed by atoms with Gasteiger partial charge in [0.15, 0.2) is 0 Å². The second kappa shape index (κ2) is 6.12. The number of methoxy groups -OCH3 is 1. The quantitative estimate of drug-likeness (QED) is 0.490. The fourth-order valence-corrected chi connectivity index (χ4v) is 2.54. The van der Waals surface area contributed by atoms with Crippen LogP contribution in [0.2, 0.25) is 0 Å². The van der Waals surface area contributed by atoms with Crippen molar-refractivity contribution in [2.75, 3.05) is 7.11 Å². The number of rotatable bonds is 4. The molecule has 6 heteroatoms. The summed E-state index contributed by atoms with van der Waals surface area (Å²) in [7, 11) is 1.24. The van der Waals surface area contributed by atoms with E-state index in [1.165, 1.54) is 13.2 Å². The summed E-state index contributed by atoms with van der Waals surface area (Å²) in [6.07, 6.45) is 3.39. The molecule has 0 fully saturated rings. The summed E-state index contributed by atoms with van der Waals surface area (Å²) in [5.74, 6) is -0.572. The van der Waals surface area contributed by atoms with Crippen LogP contribution in [0.1, 0.15) is 20.1 Å². The first-order valence-corrected chi connectivity index (χ1v) is 6.53. The number of thiophene rings is 1. The summed E-state index contributed by atoms with van der Waals surface area (Å²) < 4.78 is 4.57. The topological polar surface area (TPSA) is 69.4 Å². The Morgan fingerprint density at radius 1 is 1.30 bits per heavy atom. The fourth-order valence-electron chi connectivity index (χ4n) is 1.59. The van der Waals surface area contributed by atoms with E-state index in [2.05, 4.69) is 4.74 Å². The van der Waals surface area contributed by atoms with E-state index in [0.717, 1.165) is 16.9 Å². The van der Waals surface area contributed by atoms with E-state index in [1.807, 2.05) is 30.3 Å². The molecule has 0 amide bonds. The summed E-state index contributed by atoms with van der Waals surface area (Å²) in [5.41, 5.74) is 0.831. The van der Waals surface area contributed by atoms with Crippen molar-refractivity contribution in [2.45, 2.75) is 0 Å². The molecule has 0 saturated carbocycles. The molecule has 0 aliphatic heterocycles. The van der Waals surface area contributed by atoms with Crippen LogP contribution >= 0.6 is 11.3 Å². The maximum absolute atomic E-state index is 11.4. The molecule has 0 unspecified atom stereocenters. The van der Waals surface area contributed by atoms with Crippen molar-refractivity contribution < 1.29 is 14.5 Å². The number of esters is 1. The van der Waals surface area contributed by atoms with Crippen LogP contribution in [0.15, 0.2) is 36.4 Å². The molecule has 0 aliphatic carbocycles. The number of benzene rings is 1. The largest absolute Gasteiger partial charge is 0.465 e. The molecule has 102 valence electrons. The van der Waals surface area contributed by atoms with Gasteiger partial charge >= 0.3 is 5.97 Å². The number of ether oxygens (including phenoxy) is 1. The van der Waals surface area contributed by atoms with E-state index in [4.69, 9.17) is 0 Å². The number of carbonyl (C=O) groups excluding carboxylic acids is 1. The third-order valence-corrected chi connectivity index (χ3v) is 3.62. The Hall–Kier alpha value is -2.47. The molecule has 0 atom stereocenters. The lowest BCUT2D eigenvalue weighted by Crippen LogP contribution is -1.97. The molecule has 5 nitrogen and oxygen atoms in total. The Bertz CT molecular complexity index is 661. The van der Waals surface area contributed by atoms with Crippen LogP contribution in [-0.4, -0.2) is 18.0 Å². The van der Waals surface area contributed by atoms with Gasteiger partial charge in [-0.3, -0.25) is 10.1 Å². The molecule has 2 aromatic rings. The molecule has 0 radical (unpaired) electrons. The van der Waals surface area contributed by atoms with Crippen LogP contribution in [-0.2, 0) is 4.74 Å². The zero-order valence-corrected chi connectivity index (χ0v) is 11.4. The SMILES string of the molecule is COC(=O)c1cc([N+](=O)[O-])c(C=Cc2ccccc2)s1. The highest BCUT2D eigenvalue weighted by molar-refractivity contribution is 7.15. The minimum Gasteiger partial charge on any atom is -0.465 e. The van der Waals surface area contributed by atoms with Gasteiger partial charge in [-0.2, -0.15) is 0 Å². The predicted molar refractivity (Wildman–Crippen MR) is 77.7 cm³/mol. The van der Waals surface area contributed by atoms with Crippen molar-refractivity contribution in [1.29, 1.82) is 0 Å².